The number of esters is 1. The second kappa shape index (κ2) is 9.83. The molecular weight excluding hydrogens is 416 g/mol. The highest BCUT2D eigenvalue weighted by atomic mass is 79.9. The van der Waals surface area contributed by atoms with Crippen molar-refractivity contribution in [1.82, 2.24) is 10.3 Å². The molecule has 0 saturated heterocycles. The molecule has 0 bridgehead atoms. The molecule has 2 atom stereocenters. The van der Waals surface area contributed by atoms with Gasteiger partial charge in [-0.05, 0) is 43.6 Å². The number of nitrogens with one attached hydrogen (secondary N) is 1. The van der Waals surface area contributed by atoms with Gasteiger partial charge in [0.25, 0.3) is 0 Å². The molecule has 0 saturated carbocycles. The number of carbonyl (C=O) groups excluding carboxylic acids is 3. The molecule has 140 valence electrons. The zero-order chi connectivity index (χ0) is 19.0. The lowest BCUT2D eigenvalue weighted by Crippen LogP contribution is -2.48. The molecule has 1 rings (SSSR count). The van der Waals surface area contributed by atoms with Gasteiger partial charge in [0, 0.05) is 5.38 Å². The van der Waals surface area contributed by atoms with E-state index in [1.54, 1.807) is 33.1 Å². The molecule has 1 amide bonds. The number of aromatic nitrogens is 1. The van der Waals surface area contributed by atoms with Crippen molar-refractivity contribution in [2.24, 2.45) is 0 Å². The summed E-state index contributed by atoms with van der Waals surface area (Å²) in [5.41, 5.74) is -0.743. The summed E-state index contributed by atoms with van der Waals surface area (Å²) in [5.74, 6) is -0.712. The fraction of sp³-hybridized carbons (Fsp3) is 0.600. The lowest BCUT2D eigenvalue weighted by molar-refractivity contribution is -0.151. The van der Waals surface area contributed by atoms with E-state index < -0.39 is 29.8 Å². The van der Waals surface area contributed by atoms with E-state index in [0.717, 1.165) is 0 Å². The van der Waals surface area contributed by atoms with Gasteiger partial charge in [0.15, 0.2) is 6.04 Å². The number of aldehydes is 1. The van der Waals surface area contributed by atoms with Crippen molar-refractivity contribution in [1.29, 1.82) is 0 Å². The SMILES string of the molecule is CCOC(=O)[C@@H](NC(=O)OC(C)(C)C)[C@H](OCC=O)c1nc(Br)cs1. The van der Waals surface area contributed by atoms with Crippen LogP contribution in [0.15, 0.2) is 9.98 Å². The summed E-state index contributed by atoms with van der Waals surface area (Å²) in [5, 5.41) is 4.55. The zero-order valence-electron chi connectivity index (χ0n) is 14.4. The van der Waals surface area contributed by atoms with E-state index in [0.29, 0.717) is 15.9 Å². The summed E-state index contributed by atoms with van der Waals surface area (Å²) in [6.45, 7) is 6.59. The van der Waals surface area contributed by atoms with E-state index in [-0.39, 0.29) is 13.2 Å². The third kappa shape index (κ3) is 7.49. The Morgan fingerprint density at radius 1 is 1.44 bits per heavy atom. The third-order valence-corrected chi connectivity index (χ3v) is 4.21. The molecule has 25 heavy (non-hydrogen) atoms. The maximum Gasteiger partial charge on any atom is 0.408 e. The van der Waals surface area contributed by atoms with Crippen LogP contribution < -0.4 is 5.32 Å². The molecule has 1 aromatic rings. The van der Waals surface area contributed by atoms with E-state index in [9.17, 15) is 14.4 Å². The summed E-state index contributed by atoms with van der Waals surface area (Å²) in [6, 6.07) is -1.22. The van der Waals surface area contributed by atoms with Crippen molar-refractivity contribution in [3.63, 3.8) is 0 Å². The van der Waals surface area contributed by atoms with Gasteiger partial charge in [-0.3, -0.25) is 0 Å². The van der Waals surface area contributed by atoms with Gasteiger partial charge in [0.2, 0.25) is 0 Å². The molecule has 0 aliphatic rings. The molecule has 0 aromatic carbocycles. The first-order chi connectivity index (χ1) is 11.7. The average Bonchev–Trinajstić information content (AvgIpc) is 2.91. The van der Waals surface area contributed by atoms with Crippen LogP contribution in [-0.2, 0) is 23.8 Å². The molecule has 10 heteroatoms. The number of hydrogen-bond acceptors (Lipinski definition) is 8. The van der Waals surface area contributed by atoms with Gasteiger partial charge in [0.1, 0.15) is 34.2 Å². The number of amides is 1. The van der Waals surface area contributed by atoms with Crippen molar-refractivity contribution in [2.45, 2.75) is 45.4 Å². The lowest BCUT2D eigenvalue weighted by atomic mass is 10.1. The topological polar surface area (TPSA) is 104 Å². The Hall–Kier alpha value is -1.52. The van der Waals surface area contributed by atoms with Crippen LogP contribution >= 0.6 is 27.3 Å². The Kier molecular flexibility index (Phi) is 8.46. The van der Waals surface area contributed by atoms with Gasteiger partial charge in [-0.25, -0.2) is 14.6 Å². The van der Waals surface area contributed by atoms with Crippen molar-refractivity contribution in [3.05, 3.63) is 15.0 Å². The van der Waals surface area contributed by atoms with E-state index >= 15 is 0 Å². The lowest BCUT2D eigenvalue weighted by Gasteiger charge is -2.26. The summed E-state index contributed by atoms with van der Waals surface area (Å²) >= 11 is 4.44. The number of hydrogen-bond donors (Lipinski definition) is 1. The zero-order valence-corrected chi connectivity index (χ0v) is 16.8. The summed E-state index contributed by atoms with van der Waals surface area (Å²) in [6.07, 6.45) is -1.25. The molecule has 1 heterocycles. The van der Waals surface area contributed by atoms with Gasteiger partial charge in [-0.2, -0.15) is 0 Å². The largest absolute Gasteiger partial charge is 0.464 e. The van der Waals surface area contributed by atoms with Gasteiger partial charge in [0.05, 0.1) is 6.61 Å². The Balaban J connectivity index is 3.08. The molecule has 0 radical (unpaired) electrons. The van der Waals surface area contributed by atoms with Crippen LogP contribution in [-0.4, -0.2) is 48.2 Å². The predicted molar refractivity (Wildman–Crippen MR) is 94.4 cm³/mol. The molecule has 1 N–H and O–H groups in total. The van der Waals surface area contributed by atoms with Crippen molar-refractivity contribution in [3.8, 4) is 0 Å². The fourth-order valence-electron chi connectivity index (χ4n) is 1.78. The summed E-state index contributed by atoms with van der Waals surface area (Å²) < 4.78 is 16.2. The van der Waals surface area contributed by atoms with Gasteiger partial charge >= 0.3 is 12.1 Å². The highest BCUT2D eigenvalue weighted by molar-refractivity contribution is 9.10. The van der Waals surface area contributed by atoms with Crippen LogP contribution in [0.2, 0.25) is 0 Å². The highest BCUT2D eigenvalue weighted by Gasteiger charge is 2.36. The molecule has 8 nitrogen and oxygen atoms in total. The maximum atomic E-state index is 12.3. The maximum absolute atomic E-state index is 12.3. The van der Waals surface area contributed by atoms with Crippen molar-refractivity contribution < 1.29 is 28.6 Å². The molecule has 0 spiro atoms. The highest BCUT2D eigenvalue weighted by Crippen LogP contribution is 2.28. The Morgan fingerprint density at radius 3 is 2.60 bits per heavy atom. The second-order valence-corrected chi connectivity index (χ2v) is 7.51. The van der Waals surface area contributed by atoms with Gasteiger partial charge in [-0.1, -0.05) is 0 Å². The van der Waals surface area contributed by atoms with E-state index in [1.807, 2.05) is 0 Å². The normalized spacial score (nSPS) is 13.6. The summed E-state index contributed by atoms with van der Waals surface area (Å²) in [4.78, 5) is 39.3. The third-order valence-electron chi connectivity index (χ3n) is 2.60. The quantitative estimate of drug-likeness (QED) is 0.493. The molecular formula is C15H21BrN2O6S. The number of ether oxygens (including phenoxy) is 3. The van der Waals surface area contributed by atoms with E-state index in [1.165, 1.54) is 11.3 Å². The summed E-state index contributed by atoms with van der Waals surface area (Å²) in [7, 11) is 0. The predicted octanol–water partition coefficient (Wildman–Crippen LogP) is 2.62. The number of rotatable bonds is 8. The van der Waals surface area contributed by atoms with Crippen LogP contribution in [0.5, 0.6) is 0 Å². The number of nitrogens with zero attached hydrogens (tertiary/aromatic N) is 1. The van der Waals surface area contributed by atoms with Crippen LogP contribution in [0, 0.1) is 0 Å². The first-order valence-electron chi connectivity index (χ1n) is 7.50. The Bertz CT molecular complexity index is 601. The number of halogens is 1. The Labute approximate surface area is 158 Å². The first-order valence-corrected chi connectivity index (χ1v) is 9.17. The van der Waals surface area contributed by atoms with Crippen molar-refractivity contribution in [2.75, 3.05) is 13.2 Å². The van der Waals surface area contributed by atoms with Crippen LogP contribution in [0.1, 0.15) is 38.8 Å². The molecule has 0 unspecified atom stereocenters. The van der Waals surface area contributed by atoms with Gasteiger partial charge < -0.3 is 24.3 Å². The fourth-order valence-corrected chi connectivity index (χ4v) is 3.12. The van der Waals surface area contributed by atoms with Crippen LogP contribution in [0.25, 0.3) is 0 Å². The number of alkyl carbamates (subject to hydrolysis) is 1. The molecule has 0 aliphatic heterocycles. The number of thiazole rings is 1. The minimum Gasteiger partial charge on any atom is -0.464 e. The Morgan fingerprint density at radius 2 is 2.12 bits per heavy atom. The smallest absolute Gasteiger partial charge is 0.408 e. The molecule has 0 fully saturated rings. The second-order valence-electron chi connectivity index (χ2n) is 5.81. The monoisotopic (exact) mass is 436 g/mol. The average molecular weight is 437 g/mol. The van der Waals surface area contributed by atoms with Crippen molar-refractivity contribution >= 4 is 45.6 Å². The minimum atomic E-state index is -1.22. The molecule has 0 aliphatic carbocycles. The van der Waals surface area contributed by atoms with Crippen LogP contribution in [0.4, 0.5) is 4.79 Å². The van der Waals surface area contributed by atoms with E-state index in [4.69, 9.17) is 14.2 Å². The van der Waals surface area contributed by atoms with E-state index in [2.05, 4.69) is 26.2 Å². The number of carbonyl (C=O) groups is 3. The molecule has 1 aromatic heterocycles. The first kappa shape index (κ1) is 21.5. The minimum absolute atomic E-state index is 0.118. The van der Waals surface area contributed by atoms with Gasteiger partial charge in [-0.15, -0.1) is 11.3 Å². The van der Waals surface area contributed by atoms with Crippen LogP contribution in [0.3, 0.4) is 0 Å². The standard InChI is InChI=1S/C15H21BrN2O6S/c1-5-22-13(20)10(18-14(21)24-15(2,3)4)11(23-7-6-19)12-17-9(16)8-25-12/h6,8,10-11H,5,7H2,1-4H3,(H,18,21)/t10-,11-/m0/s1.